The van der Waals surface area contributed by atoms with Crippen molar-refractivity contribution in [3.8, 4) is 11.5 Å². The van der Waals surface area contributed by atoms with Gasteiger partial charge < -0.3 is 62.2 Å². The van der Waals surface area contributed by atoms with Gasteiger partial charge in [-0.3, -0.25) is 9.59 Å². The van der Waals surface area contributed by atoms with Crippen molar-refractivity contribution in [2.45, 2.75) is 64.5 Å². The molecule has 270 valence electrons. The molecule has 2 aromatic carbocycles. The van der Waals surface area contributed by atoms with Crippen LogP contribution in [-0.2, 0) is 9.59 Å². The molecule has 0 aliphatic rings. The maximum absolute atomic E-state index is 12.9. The number of hydrogen-bond donors (Lipinski definition) is 0. The van der Waals surface area contributed by atoms with Gasteiger partial charge in [0.15, 0.2) is 11.6 Å². The summed E-state index contributed by atoms with van der Waals surface area (Å²) in [5, 5.41) is 0. The van der Waals surface area contributed by atoms with Crippen molar-refractivity contribution in [2.24, 2.45) is 0 Å². The molecule has 0 fully saturated rings. The number of carbonyl (C=O) groups excluding carboxylic acids is 4. The molecule has 0 spiro atoms. The molecule has 0 bridgehead atoms. The maximum Gasteiger partial charge on any atom is 0.414 e. The fourth-order valence-electron chi connectivity index (χ4n) is 5.30. The molecule has 2 rings (SSSR count). The van der Waals surface area contributed by atoms with Crippen molar-refractivity contribution < 1.29 is 71.6 Å². The third-order valence-electron chi connectivity index (χ3n) is 8.79. The molecule has 12 heteroatoms. The summed E-state index contributed by atoms with van der Waals surface area (Å²) in [4.78, 5) is 53.0. The molecule has 0 aliphatic heterocycles. The van der Waals surface area contributed by atoms with Crippen molar-refractivity contribution in [1.82, 2.24) is 9.80 Å². The van der Waals surface area contributed by atoms with Gasteiger partial charge >= 0.3 is 12.2 Å². The summed E-state index contributed by atoms with van der Waals surface area (Å²) in [7, 11) is 14.7. The minimum atomic E-state index is -0.439. The van der Waals surface area contributed by atoms with Crippen molar-refractivity contribution in [2.75, 3.05) is 69.5 Å². The lowest BCUT2D eigenvalue weighted by Crippen LogP contribution is -3.00. The monoisotopic (exact) mass is 798 g/mol. The number of Topliss-reactive ketones (excluding diaryl/α,β-unsaturated/α-hetero) is 2. The Morgan fingerprint density at radius 3 is 1.21 bits per heavy atom. The summed E-state index contributed by atoms with van der Waals surface area (Å²) >= 11 is 0. The highest BCUT2D eigenvalue weighted by molar-refractivity contribution is 5.80. The van der Waals surface area contributed by atoms with Crippen LogP contribution in [0.4, 0.5) is 9.59 Å². The minimum Gasteiger partial charge on any atom is -1.00 e. The molecule has 2 atom stereocenters. The first-order valence-corrected chi connectivity index (χ1v) is 16.1. The Bertz CT molecular complexity index is 1250. The van der Waals surface area contributed by atoms with E-state index in [-0.39, 0.29) is 57.6 Å². The normalized spacial score (nSPS) is 12.5. The minimum absolute atomic E-state index is 0. The second-order valence-electron chi connectivity index (χ2n) is 13.8. The Balaban J connectivity index is 0.0000110. The van der Waals surface area contributed by atoms with Crippen LogP contribution in [-0.4, -0.2) is 112 Å². The lowest BCUT2D eigenvalue weighted by atomic mass is 10.0. The van der Waals surface area contributed by atoms with Crippen molar-refractivity contribution in [3.63, 3.8) is 0 Å². The van der Waals surface area contributed by atoms with Gasteiger partial charge in [0.25, 0.3) is 0 Å². The van der Waals surface area contributed by atoms with Gasteiger partial charge in [-0.05, 0) is 51.0 Å². The van der Waals surface area contributed by atoms with Crippen LogP contribution in [0.1, 0.15) is 75.6 Å². The zero-order valence-corrected chi connectivity index (χ0v) is 33.6. The van der Waals surface area contributed by atoms with E-state index in [1.54, 1.807) is 40.3 Å². The number of hydrogen-bond acceptors (Lipinski definition) is 6. The summed E-state index contributed by atoms with van der Waals surface area (Å²) < 4.78 is 12.0. The van der Waals surface area contributed by atoms with Crippen LogP contribution in [0.2, 0.25) is 0 Å². The van der Waals surface area contributed by atoms with Crippen LogP contribution in [0.5, 0.6) is 11.5 Å². The quantitative estimate of drug-likeness (QED) is 0.169. The molecule has 48 heavy (non-hydrogen) atoms. The molecular weight excluding hydrogens is 744 g/mol. The van der Waals surface area contributed by atoms with Gasteiger partial charge in [0.05, 0.1) is 39.3 Å². The first kappa shape index (κ1) is 45.2. The van der Waals surface area contributed by atoms with Gasteiger partial charge in [-0.1, -0.05) is 37.1 Å². The van der Waals surface area contributed by atoms with Gasteiger partial charge in [-0.2, -0.15) is 0 Å². The molecule has 0 radical (unpaired) electrons. The maximum atomic E-state index is 12.9. The predicted molar refractivity (Wildman–Crippen MR) is 181 cm³/mol. The van der Waals surface area contributed by atoms with E-state index >= 15 is 0 Å². The fraction of sp³-hybridized carbons (Fsp3) is 0.556. The Morgan fingerprint density at radius 1 is 0.583 bits per heavy atom. The molecule has 0 aliphatic carbocycles. The van der Waals surface area contributed by atoms with Crippen LogP contribution < -0.4 is 43.4 Å². The average molecular weight is 801 g/mol. The third kappa shape index (κ3) is 14.0. The van der Waals surface area contributed by atoms with Crippen molar-refractivity contribution in [1.29, 1.82) is 0 Å². The number of ketones is 2. The highest BCUT2D eigenvalue weighted by atomic mass is 79.9. The second-order valence-corrected chi connectivity index (χ2v) is 13.8. The van der Waals surface area contributed by atoms with E-state index < -0.39 is 12.2 Å². The molecule has 0 saturated carbocycles. The van der Waals surface area contributed by atoms with E-state index in [4.69, 9.17) is 9.47 Å². The number of ether oxygens (including phenoxy) is 2. The molecule has 0 aromatic heterocycles. The number of benzene rings is 2. The van der Waals surface area contributed by atoms with E-state index in [1.807, 2.05) is 78.4 Å². The molecule has 2 aromatic rings. The van der Waals surface area contributed by atoms with Gasteiger partial charge in [0, 0.05) is 41.0 Å². The molecule has 0 N–H and O–H groups in total. The molecule has 10 nitrogen and oxygen atoms in total. The highest BCUT2D eigenvalue weighted by Crippen LogP contribution is 2.33. The first-order valence-electron chi connectivity index (χ1n) is 16.1. The standard InChI is InChI=1S/C36H56N4O6.2BrH/c1-27(31-21-15-17-23-33(31)45-35(43)37(3)4)39(7,8)25-29(41)19-13-11-12-14-20-30(42)26-40(9,10)28(2)32-22-16-18-24-34(32)46-36(44)38(5)6;;/h15-18,21-24,27-28H,11-14,19-20,25-26H2,1-10H3;2*1H/q+2;;/p-2. The summed E-state index contributed by atoms with van der Waals surface area (Å²) in [5.41, 5.74) is 1.77. The van der Waals surface area contributed by atoms with E-state index in [1.165, 1.54) is 9.80 Å². The Kier molecular flexibility index (Phi) is 19.4. The lowest BCUT2D eigenvalue weighted by Gasteiger charge is -2.36. The van der Waals surface area contributed by atoms with Crippen LogP contribution in [0.15, 0.2) is 48.5 Å². The zero-order valence-electron chi connectivity index (χ0n) is 30.4. The molecule has 2 unspecified atom stereocenters. The van der Waals surface area contributed by atoms with E-state index in [9.17, 15) is 19.2 Å². The average Bonchev–Trinajstić information content (AvgIpc) is 2.98. The number of quaternary nitrogens is 2. The predicted octanol–water partition coefficient (Wildman–Crippen LogP) is 0.269. The summed E-state index contributed by atoms with van der Waals surface area (Å²) in [6, 6.07) is 14.8. The van der Waals surface area contributed by atoms with E-state index in [0.29, 0.717) is 46.4 Å². The Morgan fingerprint density at radius 2 is 0.896 bits per heavy atom. The topological polar surface area (TPSA) is 93.2 Å². The molecule has 0 saturated heterocycles. The van der Waals surface area contributed by atoms with Crippen molar-refractivity contribution in [3.05, 3.63) is 59.7 Å². The van der Waals surface area contributed by atoms with E-state index in [0.717, 1.165) is 36.8 Å². The van der Waals surface area contributed by atoms with Crippen LogP contribution in [0.3, 0.4) is 0 Å². The summed E-state index contributed by atoms with van der Waals surface area (Å²) in [6.07, 6.45) is 3.49. The summed E-state index contributed by atoms with van der Waals surface area (Å²) in [5.74, 6) is 1.41. The largest absolute Gasteiger partial charge is 1.00 e. The number of nitrogens with zero attached hydrogens (tertiary/aromatic N) is 4. The number of para-hydroxylation sites is 2. The summed E-state index contributed by atoms with van der Waals surface area (Å²) in [6.45, 7) is 4.84. The number of halogens is 2. The first-order chi connectivity index (χ1) is 21.5. The molecule has 0 heterocycles. The highest BCUT2D eigenvalue weighted by Gasteiger charge is 2.32. The van der Waals surface area contributed by atoms with Gasteiger partial charge in [-0.25, -0.2) is 9.59 Å². The SMILES string of the molecule is CC(c1ccccc1OC(=O)N(C)C)[N+](C)(C)CC(=O)CCCCCCC(=O)C[N+](C)(C)C(C)c1ccccc1OC(=O)N(C)C.[Br-].[Br-]. The molecule has 2 amide bonds. The number of carbonyl (C=O) groups is 4. The van der Waals surface area contributed by atoms with Gasteiger partial charge in [0.1, 0.15) is 36.7 Å². The molecular formula is C36H56Br2N4O6. The fourth-order valence-corrected chi connectivity index (χ4v) is 5.30. The Hall–Kier alpha value is -2.80. The number of likely N-dealkylation sites (N-methyl/N-ethyl adjacent to an activating group) is 2. The lowest BCUT2D eigenvalue weighted by molar-refractivity contribution is -0.911. The Labute approximate surface area is 309 Å². The van der Waals surface area contributed by atoms with Crippen LogP contribution >= 0.6 is 0 Å². The van der Waals surface area contributed by atoms with Gasteiger partial charge in [-0.15, -0.1) is 0 Å². The smallest absolute Gasteiger partial charge is 0.414 e. The third-order valence-corrected chi connectivity index (χ3v) is 8.79. The van der Waals surface area contributed by atoms with Gasteiger partial charge in [0.2, 0.25) is 0 Å². The van der Waals surface area contributed by atoms with E-state index in [2.05, 4.69) is 0 Å². The van der Waals surface area contributed by atoms with Crippen LogP contribution in [0, 0.1) is 0 Å². The second kappa shape index (κ2) is 20.7. The van der Waals surface area contributed by atoms with Crippen LogP contribution in [0.25, 0.3) is 0 Å². The number of amides is 2. The van der Waals surface area contributed by atoms with Crippen molar-refractivity contribution >= 4 is 23.8 Å². The number of unbranched alkanes of at least 4 members (excludes halogenated alkanes) is 3. The zero-order chi connectivity index (χ0) is 34.7. The number of rotatable bonds is 17.